The maximum atomic E-state index is 12.5. The van der Waals surface area contributed by atoms with E-state index in [1.165, 1.54) is 11.3 Å². The molecule has 2 aliphatic heterocycles. The molecule has 3 heterocycles. The van der Waals surface area contributed by atoms with Crippen molar-refractivity contribution in [3.05, 3.63) is 16.0 Å². The number of amides is 2. The summed E-state index contributed by atoms with van der Waals surface area (Å²) in [5.74, 6) is -0.665. The molecule has 2 amide bonds. The van der Waals surface area contributed by atoms with Crippen LogP contribution in [-0.2, 0) is 19.7 Å². The Bertz CT molecular complexity index is 706. The first-order valence-corrected chi connectivity index (χ1v) is 8.91. The van der Waals surface area contributed by atoms with Crippen molar-refractivity contribution in [1.82, 2.24) is 0 Å². The van der Waals surface area contributed by atoms with E-state index < -0.39 is 11.3 Å². The van der Waals surface area contributed by atoms with Crippen LogP contribution in [0.1, 0.15) is 61.5 Å². The van der Waals surface area contributed by atoms with E-state index >= 15 is 0 Å². The van der Waals surface area contributed by atoms with Crippen molar-refractivity contribution in [2.75, 3.05) is 18.5 Å². The van der Waals surface area contributed by atoms with Gasteiger partial charge in [-0.1, -0.05) is 13.8 Å². The summed E-state index contributed by atoms with van der Waals surface area (Å²) in [6, 6.07) is 0. The summed E-state index contributed by atoms with van der Waals surface area (Å²) in [4.78, 5) is 25.7. The van der Waals surface area contributed by atoms with E-state index in [-0.39, 0.29) is 23.5 Å². The Kier molecular flexibility index (Phi) is 4.01. The van der Waals surface area contributed by atoms with Crippen LogP contribution in [0.15, 0.2) is 0 Å². The maximum absolute atomic E-state index is 12.5. The molecule has 1 saturated heterocycles. The monoisotopic (exact) mass is 352 g/mol. The van der Waals surface area contributed by atoms with Crippen molar-refractivity contribution in [2.24, 2.45) is 11.1 Å². The number of carbonyl (C=O) groups is 2. The van der Waals surface area contributed by atoms with Gasteiger partial charge in [-0.05, 0) is 26.3 Å². The number of ether oxygens (including phenoxy) is 2. The number of fused-ring (bicyclic) bond motifs is 1. The summed E-state index contributed by atoms with van der Waals surface area (Å²) < 4.78 is 11.2. The lowest BCUT2D eigenvalue weighted by Crippen LogP contribution is -2.49. The summed E-state index contributed by atoms with van der Waals surface area (Å²) in [6.07, 6.45) is -0.201. The van der Waals surface area contributed by atoms with E-state index in [1.807, 2.05) is 34.6 Å². The molecule has 0 aliphatic carbocycles. The Morgan fingerprint density at radius 3 is 2.38 bits per heavy atom. The average molecular weight is 352 g/mol. The first-order chi connectivity index (χ1) is 11.1. The number of hydrogen-bond donors (Lipinski definition) is 2. The predicted octanol–water partition coefficient (Wildman–Crippen LogP) is 2.58. The molecular weight excluding hydrogens is 328 g/mol. The lowest BCUT2D eigenvalue weighted by Gasteiger charge is -2.40. The highest BCUT2D eigenvalue weighted by Gasteiger charge is 2.45. The predicted molar refractivity (Wildman–Crippen MR) is 92.4 cm³/mol. The Morgan fingerprint density at radius 1 is 1.25 bits per heavy atom. The second-order valence-corrected chi connectivity index (χ2v) is 8.61. The summed E-state index contributed by atoms with van der Waals surface area (Å²) in [7, 11) is 0. The van der Waals surface area contributed by atoms with Crippen LogP contribution in [0, 0.1) is 5.41 Å². The van der Waals surface area contributed by atoms with Crippen LogP contribution in [0.25, 0.3) is 0 Å². The molecule has 0 spiro atoms. The van der Waals surface area contributed by atoms with Crippen molar-refractivity contribution < 1.29 is 19.1 Å². The van der Waals surface area contributed by atoms with Crippen molar-refractivity contribution in [1.29, 1.82) is 0 Å². The van der Waals surface area contributed by atoms with Crippen molar-refractivity contribution >= 4 is 28.2 Å². The number of nitrogens with one attached hydrogen (secondary N) is 1. The fourth-order valence-electron chi connectivity index (χ4n) is 3.23. The van der Waals surface area contributed by atoms with Gasteiger partial charge in [0.25, 0.3) is 5.91 Å². The molecular formula is C17H24N2O4S. The Morgan fingerprint density at radius 2 is 1.88 bits per heavy atom. The van der Waals surface area contributed by atoms with E-state index in [2.05, 4.69) is 5.32 Å². The average Bonchev–Trinajstić information content (AvgIpc) is 2.83. The van der Waals surface area contributed by atoms with Crippen molar-refractivity contribution in [3.8, 4) is 0 Å². The van der Waals surface area contributed by atoms with Crippen LogP contribution in [-0.4, -0.2) is 31.1 Å². The minimum absolute atomic E-state index is 0.0613. The Labute approximate surface area is 145 Å². The number of carbonyl (C=O) groups excluding carboxylic acids is 2. The molecule has 24 heavy (non-hydrogen) atoms. The third-order valence-corrected chi connectivity index (χ3v) is 6.50. The van der Waals surface area contributed by atoms with Crippen LogP contribution in [0.4, 0.5) is 5.00 Å². The molecule has 0 aromatic carbocycles. The molecule has 132 valence electrons. The molecule has 1 aromatic heterocycles. The smallest absolute Gasteiger partial charge is 0.252 e. The number of nitrogens with two attached hydrogens (primary N) is 1. The molecule has 3 rings (SSSR count). The van der Waals surface area contributed by atoms with Crippen LogP contribution < -0.4 is 11.1 Å². The van der Waals surface area contributed by atoms with Gasteiger partial charge >= 0.3 is 0 Å². The number of thiophene rings is 1. The number of rotatable bonds is 3. The summed E-state index contributed by atoms with van der Waals surface area (Å²) in [5, 5.41) is 3.42. The van der Waals surface area contributed by atoms with Gasteiger partial charge < -0.3 is 20.5 Å². The molecule has 0 bridgehead atoms. The van der Waals surface area contributed by atoms with Crippen molar-refractivity contribution in [2.45, 2.75) is 52.2 Å². The Hall–Kier alpha value is -1.44. The van der Waals surface area contributed by atoms with E-state index in [0.29, 0.717) is 23.8 Å². The first kappa shape index (κ1) is 17.4. The van der Waals surface area contributed by atoms with Crippen LogP contribution in [0.2, 0.25) is 0 Å². The van der Waals surface area contributed by atoms with Gasteiger partial charge in [-0.2, -0.15) is 0 Å². The molecule has 0 saturated carbocycles. The zero-order valence-electron chi connectivity index (χ0n) is 14.7. The maximum Gasteiger partial charge on any atom is 0.252 e. The quantitative estimate of drug-likeness (QED) is 0.875. The molecule has 1 aromatic rings. The van der Waals surface area contributed by atoms with E-state index in [4.69, 9.17) is 15.2 Å². The highest BCUT2D eigenvalue weighted by molar-refractivity contribution is 7.17. The highest BCUT2D eigenvalue weighted by atomic mass is 32.1. The van der Waals surface area contributed by atoms with Gasteiger partial charge in [0.15, 0.2) is 0 Å². The number of hydrogen-bond acceptors (Lipinski definition) is 5. The third kappa shape index (κ3) is 2.46. The SMILES string of the molecule is CC1OC(C)C(C)(C)c2c1sc(NC(=O)C1(C)COC1)c2C(N)=O. The van der Waals surface area contributed by atoms with E-state index in [9.17, 15) is 9.59 Å². The van der Waals surface area contributed by atoms with Gasteiger partial charge in [0.2, 0.25) is 5.91 Å². The fourth-order valence-corrected chi connectivity index (χ4v) is 4.59. The van der Waals surface area contributed by atoms with Crippen LogP contribution >= 0.6 is 11.3 Å². The summed E-state index contributed by atoms with van der Waals surface area (Å²) in [5.41, 5.74) is 6.08. The second-order valence-electron chi connectivity index (χ2n) is 7.56. The second kappa shape index (κ2) is 5.54. The van der Waals surface area contributed by atoms with E-state index in [1.54, 1.807) is 0 Å². The number of anilines is 1. The number of primary amides is 1. The van der Waals surface area contributed by atoms with E-state index in [0.717, 1.165) is 10.4 Å². The summed E-state index contributed by atoms with van der Waals surface area (Å²) in [6.45, 7) is 10.6. The zero-order valence-corrected chi connectivity index (χ0v) is 15.5. The topological polar surface area (TPSA) is 90.7 Å². The molecule has 1 fully saturated rings. The van der Waals surface area contributed by atoms with Gasteiger partial charge in [-0.25, -0.2) is 0 Å². The molecule has 3 N–H and O–H groups in total. The van der Waals surface area contributed by atoms with Gasteiger partial charge in [0, 0.05) is 10.3 Å². The molecule has 2 aliphatic rings. The van der Waals surface area contributed by atoms with Gasteiger partial charge in [-0.3, -0.25) is 9.59 Å². The van der Waals surface area contributed by atoms with Crippen LogP contribution in [0.5, 0.6) is 0 Å². The summed E-state index contributed by atoms with van der Waals surface area (Å²) >= 11 is 1.38. The van der Waals surface area contributed by atoms with Crippen molar-refractivity contribution in [3.63, 3.8) is 0 Å². The lowest BCUT2D eigenvalue weighted by atomic mass is 9.75. The minimum atomic E-state index is -0.551. The Balaban J connectivity index is 2.07. The minimum Gasteiger partial charge on any atom is -0.379 e. The third-order valence-electron chi connectivity index (χ3n) is 5.24. The lowest BCUT2D eigenvalue weighted by molar-refractivity contribution is -0.151. The molecule has 2 atom stereocenters. The first-order valence-electron chi connectivity index (χ1n) is 8.09. The van der Waals surface area contributed by atoms with Gasteiger partial charge in [0.05, 0.1) is 36.4 Å². The molecule has 0 radical (unpaired) electrons. The molecule has 7 heteroatoms. The largest absolute Gasteiger partial charge is 0.379 e. The molecule has 6 nitrogen and oxygen atoms in total. The molecule has 2 unspecified atom stereocenters. The van der Waals surface area contributed by atoms with Gasteiger partial charge in [-0.15, -0.1) is 11.3 Å². The standard InChI is InChI=1S/C17H24N2O4S/c1-8-12-11(16(3,4)9(2)23-8)10(13(18)20)14(24-12)19-15(21)17(5)6-22-7-17/h8-9H,6-7H2,1-5H3,(H2,18,20)(H,19,21). The zero-order chi connectivity index (χ0) is 17.9. The van der Waals surface area contributed by atoms with Crippen LogP contribution in [0.3, 0.4) is 0 Å². The normalized spacial score (nSPS) is 27.0. The fraction of sp³-hybridized carbons (Fsp3) is 0.647. The van der Waals surface area contributed by atoms with Gasteiger partial charge in [0.1, 0.15) is 5.00 Å². The highest BCUT2D eigenvalue weighted by Crippen LogP contribution is 2.50.